The van der Waals surface area contributed by atoms with Crippen LogP contribution < -0.4 is 0 Å². The molecule has 1 aromatic rings. The number of carbonyl (C=O) groups excluding carboxylic acids is 1. The first-order chi connectivity index (χ1) is 10.1. The molecule has 0 unspecified atom stereocenters. The standard InChI is InChI=1S/C13H17ClN2O5S/c1-4-22(20,21)8-9(2)15(3)13(17)11-6-5-10(16(18)19)7-12(11)14/h5-7,9H,4,8H2,1-3H3/t9-/m0/s1. The molecule has 0 N–H and O–H groups in total. The van der Waals surface area contributed by atoms with Gasteiger partial charge in [0.2, 0.25) is 0 Å². The minimum atomic E-state index is -3.22. The summed E-state index contributed by atoms with van der Waals surface area (Å²) in [4.78, 5) is 23.6. The molecule has 7 nitrogen and oxygen atoms in total. The number of nitro groups is 1. The molecule has 0 saturated carbocycles. The Labute approximate surface area is 133 Å². The maximum Gasteiger partial charge on any atom is 0.270 e. The second kappa shape index (κ2) is 7.06. The summed E-state index contributed by atoms with van der Waals surface area (Å²) in [6.45, 7) is 3.15. The van der Waals surface area contributed by atoms with Crippen LogP contribution in [-0.2, 0) is 9.84 Å². The summed E-state index contributed by atoms with van der Waals surface area (Å²) in [6, 6.07) is 3.00. The first-order valence-corrected chi connectivity index (χ1v) is 8.70. The van der Waals surface area contributed by atoms with E-state index in [0.717, 1.165) is 6.07 Å². The van der Waals surface area contributed by atoms with Crippen LogP contribution in [0.1, 0.15) is 24.2 Å². The number of amides is 1. The Morgan fingerprint density at radius 2 is 2.05 bits per heavy atom. The Hall–Kier alpha value is -1.67. The van der Waals surface area contributed by atoms with E-state index in [9.17, 15) is 23.3 Å². The van der Waals surface area contributed by atoms with Gasteiger partial charge < -0.3 is 4.90 Å². The van der Waals surface area contributed by atoms with Crippen LogP contribution in [0, 0.1) is 10.1 Å². The fourth-order valence-corrected chi connectivity index (χ4v) is 3.23. The summed E-state index contributed by atoms with van der Waals surface area (Å²) in [7, 11) is -1.76. The van der Waals surface area contributed by atoms with Crippen molar-refractivity contribution in [3.05, 3.63) is 38.9 Å². The Morgan fingerprint density at radius 3 is 2.50 bits per heavy atom. The fourth-order valence-electron chi connectivity index (χ4n) is 1.78. The van der Waals surface area contributed by atoms with Gasteiger partial charge in [-0.1, -0.05) is 18.5 Å². The van der Waals surface area contributed by atoms with E-state index >= 15 is 0 Å². The monoisotopic (exact) mass is 348 g/mol. The first-order valence-electron chi connectivity index (χ1n) is 6.50. The highest BCUT2D eigenvalue weighted by atomic mass is 35.5. The van der Waals surface area contributed by atoms with Crippen LogP contribution in [0.15, 0.2) is 18.2 Å². The fraction of sp³-hybridized carbons (Fsp3) is 0.462. The Kier molecular flexibility index (Phi) is 5.90. The Bertz CT molecular complexity index is 690. The van der Waals surface area contributed by atoms with Crippen molar-refractivity contribution in [2.45, 2.75) is 19.9 Å². The molecule has 0 saturated heterocycles. The molecule has 122 valence electrons. The number of halogens is 1. The minimum Gasteiger partial charge on any atom is -0.338 e. The number of nitro benzene ring substituents is 1. The number of carbonyl (C=O) groups is 1. The van der Waals surface area contributed by atoms with E-state index in [1.807, 2.05) is 0 Å². The number of hydrogen-bond donors (Lipinski definition) is 0. The second-order valence-electron chi connectivity index (χ2n) is 4.89. The number of benzene rings is 1. The van der Waals surface area contributed by atoms with Crippen LogP contribution in [0.4, 0.5) is 5.69 Å². The summed E-state index contributed by atoms with van der Waals surface area (Å²) in [5.74, 6) is -0.646. The predicted molar refractivity (Wildman–Crippen MR) is 84.0 cm³/mol. The van der Waals surface area contributed by atoms with Crippen molar-refractivity contribution >= 4 is 33.0 Å². The lowest BCUT2D eigenvalue weighted by Gasteiger charge is -2.25. The highest BCUT2D eigenvalue weighted by molar-refractivity contribution is 7.91. The topological polar surface area (TPSA) is 97.6 Å². The van der Waals surface area contributed by atoms with Crippen molar-refractivity contribution in [2.75, 3.05) is 18.6 Å². The largest absolute Gasteiger partial charge is 0.338 e. The highest BCUT2D eigenvalue weighted by Gasteiger charge is 2.24. The molecule has 1 amide bonds. The maximum absolute atomic E-state index is 12.3. The van der Waals surface area contributed by atoms with E-state index in [1.165, 1.54) is 31.0 Å². The van der Waals surface area contributed by atoms with Crippen molar-refractivity contribution in [1.82, 2.24) is 4.90 Å². The third kappa shape index (κ3) is 4.41. The quantitative estimate of drug-likeness (QED) is 0.579. The van der Waals surface area contributed by atoms with Crippen molar-refractivity contribution in [2.24, 2.45) is 0 Å². The molecular formula is C13H17ClN2O5S. The van der Waals surface area contributed by atoms with E-state index in [4.69, 9.17) is 11.6 Å². The summed E-state index contributed by atoms with van der Waals surface area (Å²) < 4.78 is 23.2. The smallest absolute Gasteiger partial charge is 0.270 e. The third-order valence-electron chi connectivity index (χ3n) is 3.31. The minimum absolute atomic E-state index is 0.00232. The van der Waals surface area contributed by atoms with Gasteiger partial charge in [-0.2, -0.15) is 0 Å². The van der Waals surface area contributed by atoms with Gasteiger partial charge in [0.25, 0.3) is 11.6 Å². The van der Waals surface area contributed by atoms with Crippen LogP contribution in [-0.4, -0.2) is 48.7 Å². The van der Waals surface area contributed by atoms with Crippen molar-refractivity contribution in [3.8, 4) is 0 Å². The summed E-state index contributed by atoms with van der Waals surface area (Å²) in [5.41, 5.74) is -0.124. The average Bonchev–Trinajstić information content (AvgIpc) is 2.45. The number of non-ortho nitro benzene ring substituents is 1. The van der Waals surface area contributed by atoms with Gasteiger partial charge >= 0.3 is 0 Å². The van der Waals surface area contributed by atoms with Gasteiger partial charge in [-0.15, -0.1) is 0 Å². The van der Waals surface area contributed by atoms with Crippen LogP contribution in [0.5, 0.6) is 0 Å². The number of nitrogens with zero attached hydrogens (tertiary/aromatic N) is 2. The van der Waals surface area contributed by atoms with Gasteiger partial charge in [0.1, 0.15) is 0 Å². The molecule has 0 bridgehead atoms. The zero-order valence-corrected chi connectivity index (χ0v) is 14.0. The van der Waals surface area contributed by atoms with E-state index in [0.29, 0.717) is 0 Å². The molecule has 0 spiro atoms. The third-order valence-corrected chi connectivity index (χ3v) is 5.49. The lowest BCUT2D eigenvalue weighted by Crippen LogP contribution is -2.39. The molecule has 22 heavy (non-hydrogen) atoms. The van der Waals surface area contributed by atoms with Crippen molar-refractivity contribution in [1.29, 1.82) is 0 Å². The van der Waals surface area contributed by atoms with Crippen molar-refractivity contribution < 1.29 is 18.1 Å². The van der Waals surface area contributed by atoms with Crippen LogP contribution in [0.3, 0.4) is 0 Å². The molecule has 1 rings (SSSR count). The Balaban J connectivity index is 2.98. The van der Waals surface area contributed by atoms with Gasteiger partial charge in [0.05, 0.1) is 21.3 Å². The van der Waals surface area contributed by atoms with Gasteiger partial charge in [0, 0.05) is 31.0 Å². The molecule has 0 aliphatic heterocycles. The van der Waals surface area contributed by atoms with Crippen LogP contribution in [0.2, 0.25) is 5.02 Å². The van der Waals surface area contributed by atoms with Crippen LogP contribution in [0.25, 0.3) is 0 Å². The Morgan fingerprint density at radius 1 is 1.45 bits per heavy atom. The van der Waals surface area contributed by atoms with E-state index in [1.54, 1.807) is 6.92 Å². The molecular weight excluding hydrogens is 332 g/mol. The number of rotatable bonds is 6. The average molecular weight is 349 g/mol. The van der Waals surface area contributed by atoms with Crippen molar-refractivity contribution in [3.63, 3.8) is 0 Å². The normalized spacial score (nSPS) is 12.7. The molecule has 0 radical (unpaired) electrons. The zero-order chi connectivity index (χ0) is 17.1. The van der Waals surface area contributed by atoms with Gasteiger partial charge in [-0.25, -0.2) is 8.42 Å². The summed E-state index contributed by atoms with van der Waals surface area (Å²) >= 11 is 5.91. The highest BCUT2D eigenvalue weighted by Crippen LogP contribution is 2.24. The van der Waals surface area contributed by atoms with Gasteiger partial charge in [-0.3, -0.25) is 14.9 Å². The predicted octanol–water partition coefficient (Wildman–Crippen LogP) is 2.14. The lowest BCUT2D eigenvalue weighted by atomic mass is 10.1. The molecule has 1 atom stereocenters. The molecule has 0 aliphatic carbocycles. The van der Waals surface area contributed by atoms with Crippen LogP contribution >= 0.6 is 11.6 Å². The number of hydrogen-bond acceptors (Lipinski definition) is 5. The lowest BCUT2D eigenvalue weighted by molar-refractivity contribution is -0.384. The zero-order valence-electron chi connectivity index (χ0n) is 12.4. The SMILES string of the molecule is CCS(=O)(=O)C[C@H](C)N(C)C(=O)c1ccc([N+](=O)[O-])cc1Cl. The molecule has 0 heterocycles. The van der Waals surface area contributed by atoms with E-state index in [2.05, 4.69) is 0 Å². The molecule has 0 aliphatic rings. The van der Waals surface area contributed by atoms with Gasteiger partial charge in [-0.05, 0) is 13.0 Å². The van der Waals surface area contributed by atoms with Gasteiger partial charge in [0.15, 0.2) is 9.84 Å². The maximum atomic E-state index is 12.3. The van der Waals surface area contributed by atoms with E-state index in [-0.39, 0.29) is 27.8 Å². The number of sulfone groups is 1. The second-order valence-corrected chi connectivity index (χ2v) is 7.69. The molecule has 9 heteroatoms. The summed E-state index contributed by atoms with van der Waals surface area (Å²) in [6.07, 6.45) is 0. The summed E-state index contributed by atoms with van der Waals surface area (Å²) in [5, 5.41) is 10.6. The first kappa shape index (κ1) is 18.4. The molecule has 1 aromatic carbocycles. The molecule has 0 aromatic heterocycles. The van der Waals surface area contributed by atoms with E-state index < -0.39 is 26.7 Å². The molecule has 0 fully saturated rings.